The molecule has 0 radical (unpaired) electrons. The maximum atomic E-state index is 6.41. The lowest BCUT2D eigenvalue weighted by molar-refractivity contribution is 0.352. The quantitative estimate of drug-likeness (QED) is 0.180. The van der Waals surface area contributed by atoms with Crippen LogP contribution in [0.3, 0.4) is 0 Å². The summed E-state index contributed by atoms with van der Waals surface area (Å²) in [6.45, 7) is 4.85. The van der Waals surface area contributed by atoms with Crippen molar-refractivity contribution in [2.75, 3.05) is 0 Å². The van der Waals surface area contributed by atoms with Gasteiger partial charge < -0.3 is 5.73 Å². The molecular formula is C54H50N4. The highest BCUT2D eigenvalue weighted by Gasteiger charge is 2.45. The maximum Gasteiger partial charge on any atom is 0.160 e. The van der Waals surface area contributed by atoms with Gasteiger partial charge in [0, 0.05) is 46.3 Å². The first-order chi connectivity index (χ1) is 28.5. The van der Waals surface area contributed by atoms with Gasteiger partial charge in [-0.1, -0.05) is 166 Å². The topological polar surface area (TPSA) is 64.2 Å². The maximum absolute atomic E-state index is 6.41. The Morgan fingerprint density at radius 1 is 0.776 bits per heavy atom. The van der Waals surface area contributed by atoms with E-state index in [9.17, 15) is 0 Å². The van der Waals surface area contributed by atoms with Gasteiger partial charge in [-0.2, -0.15) is 0 Å². The minimum atomic E-state index is -0.0120. The Balaban J connectivity index is 1.03. The van der Waals surface area contributed by atoms with E-state index >= 15 is 0 Å². The largest absolute Gasteiger partial charge is 0.404 e. The molecule has 5 atom stereocenters. The number of benzene rings is 4. The molecule has 5 aromatic rings. The number of nitrogens with zero attached hydrogens (tertiary/aromatic N) is 3. The summed E-state index contributed by atoms with van der Waals surface area (Å²) in [7, 11) is 0. The van der Waals surface area contributed by atoms with Gasteiger partial charge in [-0.15, -0.1) is 0 Å². The van der Waals surface area contributed by atoms with E-state index in [0.717, 1.165) is 77.3 Å². The minimum Gasteiger partial charge on any atom is -0.404 e. The second-order valence-electron chi connectivity index (χ2n) is 17.1. The van der Waals surface area contributed by atoms with Crippen molar-refractivity contribution in [1.29, 1.82) is 0 Å². The van der Waals surface area contributed by atoms with Crippen molar-refractivity contribution in [2.45, 2.75) is 69.2 Å². The lowest BCUT2D eigenvalue weighted by atomic mass is 9.70. The van der Waals surface area contributed by atoms with Gasteiger partial charge in [-0.05, 0) is 88.5 Å². The van der Waals surface area contributed by atoms with Gasteiger partial charge in [0.15, 0.2) is 5.82 Å². The van der Waals surface area contributed by atoms with Gasteiger partial charge in [-0.3, -0.25) is 4.99 Å². The Bertz CT molecular complexity index is 2600. The van der Waals surface area contributed by atoms with Crippen LogP contribution >= 0.6 is 0 Å². The van der Waals surface area contributed by atoms with E-state index in [-0.39, 0.29) is 23.3 Å². The molecule has 286 valence electrons. The van der Waals surface area contributed by atoms with Gasteiger partial charge in [-0.25, -0.2) is 9.97 Å². The molecule has 4 heteroatoms. The molecule has 1 aromatic heterocycles. The van der Waals surface area contributed by atoms with Crippen molar-refractivity contribution in [3.63, 3.8) is 0 Å². The van der Waals surface area contributed by atoms with Crippen LogP contribution in [0, 0.1) is 11.8 Å². The molecule has 0 saturated carbocycles. The third-order valence-corrected chi connectivity index (χ3v) is 13.4. The van der Waals surface area contributed by atoms with Crippen molar-refractivity contribution < 1.29 is 0 Å². The molecule has 4 aromatic carbocycles. The first-order valence-electron chi connectivity index (χ1n) is 21.1. The molecule has 0 saturated heterocycles. The SMILES string of the molecule is CC1(C)c2ccccc2C2=CCC(c3cc(C4=CCCC=C4)nc(-c4ccc(C5c6ccccc6C(C(=CN)c6ccccc6)=NC5C5C=CC=CC5)cc4)n3)CC21. The molecule has 5 aliphatic rings. The van der Waals surface area contributed by atoms with Crippen molar-refractivity contribution in [3.05, 3.63) is 209 Å². The molecule has 5 unspecified atom stereocenters. The van der Waals surface area contributed by atoms with Crippen LogP contribution in [0.1, 0.15) is 103 Å². The number of allylic oxidation sites excluding steroid dienone is 10. The summed E-state index contributed by atoms with van der Waals surface area (Å²) >= 11 is 0. The fourth-order valence-corrected chi connectivity index (χ4v) is 10.4. The number of hydrogen-bond acceptors (Lipinski definition) is 4. The number of hydrogen-bond donors (Lipinski definition) is 1. The number of aromatic nitrogens is 2. The van der Waals surface area contributed by atoms with Crippen LogP contribution in [0.4, 0.5) is 0 Å². The third-order valence-electron chi connectivity index (χ3n) is 13.4. The summed E-state index contributed by atoms with van der Waals surface area (Å²) in [6, 6.07) is 39.5. The molecular weight excluding hydrogens is 705 g/mol. The summed E-state index contributed by atoms with van der Waals surface area (Å²) in [5, 5.41) is 0. The highest BCUT2D eigenvalue weighted by atomic mass is 14.9. The van der Waals surface area contributed by atoms with Crippen molar-refractivity contribution in [3.8, 4) is 11.4 Å². The fourth-order valence-electron chi connectivity index (χ4n) is 10.4. The lowest BCUT2D eigenvalue weighted by Gasteiger charge is -2.37. The molecule has 4 aliphatic carbocycles. The number of aliphatic imine (C=N–C) groups is 1. The molecule has 0 fully saturated rings. The van der Waals surface area contributed by atoms with E-state index in [1.807, 2.05) is 6.07 Å². The van der Waals surface area contributed by atoms with E-state index in [0.29, 0.717) is 11.8 Å². The minimum absolute atomic E-state index is 0.0120. The average Bonchev–Trinajstić information content (AvgIpc) is 3.52. The molecule has 10 rings (SSSR count). The summed E-state index contributed by atoms with van der Waals surface area (Å²) in [4.78, 5) is 16.3. The predicted molar refractivity (Wildman–Crippen MR) is 240 cm³/mol. The van der Waals surface area contributed by atoms with Crippen LogP contribution < -0.4 is 5.73 Å². The molecule has 4 nitrogen and oxygen atoms in total. The molecule has 1 aliphatic heterocycles. The first-order valence-corrected chi connectivity index (χ1v) is 21.1. The summed E-state index contributed by atoms with van der Waals surface area (Å²) in [6.07, 6.45) is 25.1. The van der Waals surface area contributed by atoms with Crippen LogP contribution in [0.5, 0.6) is 0 Å². The van der Waals surface area contributed by atoms with Crippen molar-refractivity contribution in [2.24, 2.45) is 22.6 Å². The zero-order chi connectivity index (χ0) is 39.2. The second-order valence-corrected chi connectivity index (χ2v) is 17.1. The Kier molecular flexibility index (Phi) is 9.36. The molecule has 0 spiro atoms. The van der Waals surface area contributed by atoms with Gasteiger partial charge in [0.05, 0.1) is 17.4 Å². The normalized spacial score (nSPS) is 24.3. The van der Waals surface area contributed by atoms with Gasteiger partial charge in [0.1, 0.15) is 0 Å². The molecule has 2 heterocycles. The summed E-state index contributed by atoms with van der Waals surface area (Å²) in [5.41, 5.74) is 22.0. The molecule has 0 amide bonds. The Morgan fingerprint density at radius 2 is 1.57 bits per heavy atom. The summed E-state index contributed by atoms with van der Waals surface area (Å²) in [5.74, 6) is 1.89. The molecule has 0 bridgehead atoms. The smallest absolute Gasteiger partial charge is 0.160 e. The first kappa shape index (κ1) is 36.2. The molecule has 58 heavy (non-hydrogen) atoms. The Morgan fingerprint density at radius 3 is 2.34 bits per heavy atom. The van der Waals surface area contributed by atoms with E-state index in [4.69, 9.17) is 20.7 Å². The number of fused-ring (bicyclic) bond motifs is 4. The zero-order valence-corrected chi connectivity index (χ0v) is 33.4. The molecule has 2 N–H and O–H groups in total. The average molecular weight is 755 g/mol. The van der Waals surface area contributed by atoms with Gasteiger partial charge in [0.2, 0.25) is 0 Å². The van der Waals surface area contributed by atoms with Crippen LogP contribution in [-0.4, -0.2) is 21.7 Å². The highest BCUT2D eigenvalue weighted by molar-refractivity contribution is 6.32. The van der Waals surface area contributed by atoms with E-state index < -0.39 is 0 Å². The van der Waals surface area contributed by atoms with Crippen LogP contribution in [-0.2, 0) is 5.41 Å². The van der Waals surface area contributed by atoms with E-state index in [1.165, 1.54) is 33.4 Å². The zero-order valence-electron chi connectivity index (χ0n) is 33.4. The van der Waals surface area contributed by atoms with Gasteiger partial charge in [0.25, 0.3) is 0 Å². The van der Waals surface area contributed by atoms with Crippen molar-refractivity contribution >= 4 is 22.4 Å². The van der Waals surface area contributed by atoms with Crippen LogP contribution in [0.2, 0.25) is 0 Å². The number of rotatable bonds is 7. The van der Waals surface area contributed by atoms with Crippen LogP contribution in [0.15, 0.2) is 169 Å². The number of nitrogens with two attached hydrogens (primary N) is 1. The summed E-state index contributed by atoms with van der Waals surface area (Å²) < 4.78 is 0. The Labute approximate surface area is 343 Å². The second kappa shape index (κ2) is 15.0. The monoisotopic (exact) mass is 754 g/mol. The van der Waals surface area contributed by atoms with Crippen molar-refractivity contribution in [1.82, 2.24) is 9.97 Å². The van der Waals surface area contributed by atoms with E-state index in [1.54, 1.807) is 6.20 Å². The highest BCUT2D eigenvalue weighted by Crippen LogP contribution is 2.56. The van der Waals surface area contributed by atoms with Gasteiger partial charge >= 0.3 is 0 Å². The lowest BCUT2D eigenvalue weighted by Crippen LogP contribution is -2.33. The standard InChI is InChI=1S/C54H50N4/c1-54(2)46-25-15-14-22-41(46)42-31-30-40(32-47(42)54)49-33-48(36-18-8-4-9-19-36)56-53(57-49)39-28-26-37(27-29-39)50-43-23-12-13-24-44(43)52(45(34-55)35-16-6-3-7-17-35)58-51(50)38-20-10-5-11-21-38/h3,5-8,10-20,22-29,31,33-34,38,40,47,50-51H,4,9,21,30,32,55H2,1-2H3. The Hall–Kier alpha value is -6.13. The van der Waals surface area contributed by atoms with E-state index in [2.05, 4.69) is 166 Å². The van der Waals surface area contributed by atoms with Crippen LogP contribution in [0.25, 0.3) is 28.1 Å². The third kappa shape index (κ3) is 6.36. The fraction of sp³-hybridized carbons (Fsp3) is 0.241. The predicted octanol–water partition coefficient (Wildman–Crippen LogP) is 12.2.